The van der Waals surface area contributed by atoms with Gasteiger partial charge < -0.3 is 9.15 Å². The highest BCUT2D eigenvalue weighted by molar-refractivity contribution is 5.71. The average molecular weight is 283 g/mol. The predicted molar refractivity (Wildman–Crippen MR) is 75.2 cm³/mol. The van der Waals surface area contributed by atoms with Crippen LogP contribution in [0, 0.1) is 0 Å². The van der Waals surface area contributed by atoms with Crippen molar-refractivity contribution in [3.8, 4) is 0 Å². The zero-order valence-electron chi connectivity index (χ0n) is 13.1. The van der Waals surface area contributed by atoms with Crippen LogP contribution in [0.5, 0.6) is 0 Å². The standard InChI is InChI=1S/C14H25N3O3/c1-6-8-17(10-12(18)19-7-2)9-11-15-16-13(20-11)14(3,4)5/h6-10H2,1-5H3. The summed E-state index contributed by atoms with van der Waals surface area (Å²) < 4.78 is 10.6. The molecule has 0 saturated carbocycles. The Morgan fingerprint density at radius 3 is 2.50 bits per heavy atom. The van der Waals surface area contributed by atoms with Gasteiger partial charge >= 0.3 is 5.97 Å². The first-order valence-electron chi connectivity index (χ1n) is 7.07. The molecule has 1 aromatic rings. The van der Waals surface area contributed by atoms with Crippen molar-refractivity contribution >= 4 is 5.97 Å². The van der Waals surface area contributed by atoms with E-state index in [1.54, 1.807) is 6.92 Å². The van der Waals surface area contributed by atoms with Gasteiger partial charge in [-0.15, -0.1) is 10.2 Å². The van der Waals surface area contributed by atoms with Crippen LogP contribution in [-0.2, 0) is 21.5 Å². The Kier molecular flexibility index (Phi) is 6.13. The summed E-state index contributed by atoms with van der Waals surface area (Å²) in [7, 11) is 0. The van der Waals surface area contributed by atoms with E-state index in [2.05, 4.69) is 17.1 Å². The Morgan fingerprint density at radius 1 is 1.30 bits per heavy atom. The lowest BCUT2D eigenvalue weighted by Gasteiger charge is -2.18. The lowest BCUT2D eigenvalue weighted by Crippen LogP contribution is -2.31. The molecule has 0 atom stereocenters. The fourth-order valence-electron chi connectivity index (χ4n) is 1.73. The molecule has 0 bridgehead atoms. The van der Waals surface area contributed by atoms with Crippen LogP contribution in [0.25, 0.3) is 0 Å². The van der Waals surface area contributed by atoms with Gasteiger partial charge in [0, 0.05) is 5.41 Å². The van der Waals surface area contributed by atoms with Crippen molar-refractivity contribution in [2.75, 3.05) is 19.7 Å². The zero-order chi connectivity index (χ0) is 15.2. The van der Waals surface area contributed by atoms with E-state index in [-0.39, 0.29) is 17.9 Å². The van der Waals surface area contributed by atoms with Gasteiger partial charge in [-0.25, -0.2) is 0 Å². The number of carbonyl (C=O) groups is 1. The minimum Gasteiger partial charge on any atom is -0.465 e. The molecule has 6 nitrogen and oxygen atoms in total. The molecule has 0 aliphatic heterocycles. The second-order valence-corrected chi connectivity index (χ2v) is 5.77. The summed E-state index contributed by atoms with van der Waals surface area (Å²) in [6, 6.07) is 0. The molecular weight excluding hydrogens is 258 g/mol. The van der Waals surface area contributed by atoms with Crippen molar-refractivity contribution in [3.63, 3.8) is 0 Å². The minimum absolute atomic E-state index is 0.165. The predicted octanol–water partition coefficient (Wildman–Crippen LogP) is 2.14. The van der Waals surface area contributed by atoms with Crippen molar-refractivity contribution in [2.45, 2.75) is 53.0 Å². The molecule has 1 rings (SSSR count). The largest absolute Gasteiger partial charge is 0.465 e. The summed E-state index contributed by atoms with van der Waals surface area (Å²) in [6.07, 6.45) is 0.944. The highest BCUT2D eigenvalue weighted by Crippen LogP contribution is 2.20. The highest BCUT2D eigenvalue weighted by atomic mass is 16.5. The molecule has 0 aromatic carbocycles. The van der Waals surface area contributed by atoms with Crippen molar-refractivity contribution in [1.82, 2.24) is 15.1 Å². The number of hydrogen-bond acceptors (Lipinski definition) is 6. The first-order valence-corrected chi connectivity index (χ1v) is 7.07. The van der Waals surface area contributed by atoms with E-state index in [0.717, 1.165) is 13.0 Å². The summed E-state index contributed by atoms with van der Waals surface area (Å²) in [5, 5.41) is 8.10. The van der Waals surface area contributed by atoms with Crippen molar-refractivity contribution in [3.05, 3.63) is 11.8 Å². The molecule has 114 valence electrons. The van der Waals surface area contributed by atoms with Gasteiger partial charge in [0.15, 0.2) is 0 Å². The van der Waals surface area contributed by atoms with Gasteiger partial charge in [0.1, 0.15) is 0 Å². The third-order valence-electron chi connectivity index (χ3n) is 2.67. The van der Waals surface area contributed by atoms with E-state index < -0.39 is 0 Å². The molecule has 0 N–H and O–H groups in total. The Balaban J connectivity index is 2.65. The quantitative estimate of drug-likeness (QED) is 0.714. The van der Waals surface area contributed by atoms with E-state index >= 15 is 0 Å². The number of esters is 1. The molecule has 1 aromatic heterocycles. The summed E-state index contributed by atoms with van der Waals surface area (Å²) in [6.45, 7) is 11.8. The number of hydrogen-bond donors (Lipinski definition) is 0. The lowest BCUT2D eigenvalue weighted by atomic mass is 9.97. The third kappa shape index (κ3) is 5.28. The zero-order valence-corrected chi connectivity index (χ0v) is 13.1. The van der Waals surface area contributed by atoms with Crippen LogP contribution in [0.1, 0.15) is 52.8 Å². The maximum Gasteiger partial charge on any atom is 0.320 e. The Labute approximate surface area is 120 Å². The molecule has 0 aliphatic carbocycles. The van der Waals surface area contributed by atoms with Gasteiger partial charge in [0.2, 0.25) is 11.8 Å². The van der Waals surface area contributed by atoms with E-state index in [1.807, 2.05) is 25.7 Å². The molecule has 6 heteroatoms. The molecule has 0 unspecified atom stereocenters. The van der Waals surface area contributed by atoms with Crippen LogP contribution in [0.3, 0.4) is 0 Å². The van der Waals surface area contributed by atoms with Crippen molar-refractivity contribution in [1.29, 1.82) is 0 Å². The molecule has 0 fully saturated rings. The average Bonchev–Trinajstić information content (AvgIpc) is 2.77. The van der Waals surface area contributed by atoms with E-state index in [1.165, 1.54) is 0 Å². The number of ether oxygens (including phenoxy) is 1. The number of aromatic nitrogens is 2. The van der Waals surface area contributed by atoms with Crippen molar-refractivity contribution in [2.24, 2.45) is 0 Å². The molecule has 0 spiro atoms. The maximum absolute atomic E-state index is 11.6. The van der Waals surface area contributed by atoms with Crippen LogP contribution in [0.4, 0.5) is 0 Å². The topological polar surface area (TPSA) is 68.5 Å². The molecule has 1 heterocycles. The van der Waals surface area contributed by atoms with E-state index in [0.29, 0.717) is 24.9 Å². The normalized spacial score (nSPS) is 11.9. The SMILES string of the molecule is CCCN(CC(=O)OCC)Cc1nnc(C(C)(C)C)o1. The molecule has 0 amide bonds. The molecule has 0 radical (unpaired) electrons. The summed E-state index contributed by atoms with van der Waals surface area (Å²) in [4.78, 5) is 13.5. The summed E-state index contributed by atoms with van der Waals surface area (Å²) in [5.74, 6) is 0.921. The number of rotatable bonds is 7. The third-order valence-corrected chi connectivity index (χ3v) is 2.67. The van der Waals surface area contributed by atoms with Gasteiger partial charge in [-0.05, 0) is 19.9 Å². The van der Waals surface area contributed by atoms with Crippen LogP contribution in [0.15, 0.2) is 4.42 Å². The smallest absolute Gasteiger partial charge is 0.320 e. The van der Waals surface area contributed by atoms with Crippen LogP contribution in [0.2, 0.25) is 0 Å². The summed E-state index contributed by atoms with van der Waals surface area (Å²) in [5.41, 5.74) is -0.165. The van der Waals surface area contributed by atoms with E-state index in [4.69, 9.17) is 9.15 Å². The molecule has 0 saturated heterocycles. The number of carbonyl (C=O) groups excluding carboxylic acids is 1. The first kappa shape index (κ1) is 16.6. The van der Waals surface area contributed by atoms with E-state index in [9.17, 15) is 4.79 Å². The maximum atomic E-state index is 11.6. The Bertz CT molecular complexity index is 424. The van der Waals surface area contributed by atoms with Crippen molar-refractivity contribution < 1.29 is 13.9 Å². The molecular formula is C14H25N3O3. The number of nitrogens with zero attached hydrogens (tertiary/aromatic N) is 3. The van der Waals surface area contributed by atoms with Crippen LogP contribution in [-0.4, -0.2) is 40.8 Å². The lowest BCUT2D eigenvalue weighted by molar-refractivity contribution is -0.144. The van der Waals surface area contributed by atoms with Crippen LogP contribution >= 0.6 is 0 Å². The first-order chi connectivity index (χ1) is 9.36. The summed E-state index contributed by atoms with van der Waals surface area (Å²) >= 11 is 0. The second-order valence-electron chi connectivity index (χ2n) is 5.77. The van der Waals surface area contributed by atoms with Gasteiger partial charge in [0.25, 0.3) is 0 Å². The fourth-order valence-corrected chi connectivity index (χ4v) is 1.73. The van der Waals surface area contributed by atoms with Gasteiger partial charge in [-0.1, -0.05) is 27.7 Å². The molecule has 20 heavy (non-hydrogen) atoms. The minimum atomic E-state index is -0.225. The fraction of sp³-hybridized carbons (Fsp3) is 0.786. The van der Waals surface area contributed by atoms with Gasteiger partial charge in [-0.3, -0.25) is 9.69 Å². The van der Waals surface area contributed by atoms with Crippen LogP contribution < -0.4 is 0 Å². The van der Waals surface area contributed by atoms with Gasteiger partial charge in [0.05, 0.1) is 19.7 Å². The second kappa shape index (κ2) is 7.38. The Hall–Kier alpha value is -1.43. The monoisotopic (exact) mass is 283 g/mol. The van der Waals surface area contributed by atoms with Gasteiger partial charge in [-0.2, -0.15) is 0 Å². The Morgan fingerprint density at radius 2 is 2.00 bits per heavy atom. The molecule has 0 aliphatic rings. The highest BCUT2D eigenvalue weighted by Gasteiger charge is 2.22.